The van der Waals surface area contributed by atoms with Crippen LogP contribution in [0.1, 0.15) is 32.6 Å². The van der Waals surface area contributed by atoms with Crippen LogP contribution in [0.4, 0.5) is 4.39 Å². The number of methoxy groups -OCH3 is 1. The van der Waals surface area contributed by atoms with Gasteiger partial charge in [0.2, 0.25) is 0 Å². The van der Waals surface area contributed by atoms with Gasteiger partial charge in [0.25, 0.3) is 11.5 Å². The molecule has 3 aromatic rings. The van der Waals surface area contributed by atoms with Crippen molar-refractivity contribution < 1.29 is 31.9 Å². The lowest BCUT2D eigenvalue weighted by atomic mass is 10.0. The van der Waals surface area contributed by atoms with Crippen LogP contribution in [-0.4, -0.2) is 54.9 Å². The zero-order chi connectivity index (χ0) is 27.5. The van der Waals surface area contributed by atoms with E-state index in [4.69, 9.17) is 14.3 Å². The molecule has 2 aromatic carbocycles. The number of aryl methyl sites for hydroxylation is 1. The van der Waals surface area contributed by atoms with E-state index in [2.05, 4.69) is 10.5 Å². The van der Waals surface area contributed by atoms with Gasteiger partial charge >= 0.3 is 0 Å². The van der Waals surface area contributed by atoms with E-state index in [1.54, 1.807) is 37.4 Å². The normalized spacial score (nSPS) is 17.6. The molecule has 0 saturated carbocycles. The number of hydrogen-bond acceptors (Lipinski definition) is 8. The number of hydrogen-bond donors (Lipinski definition) is 1. The number of ether oxygens (including phenoxy) is 2. The topological polar surface area (TPSA) is 126 Å². The van der Waals surface area contributed by atoms with Gasteiger partial charge < -0.3 is 9.47 Å². The number of hydroxylamine groups is 1. The Bertz CT molecular complexity index is 1490. The number of benzene rings is 2. The summed E-state index contributed by atoms with van der Waals surface area (Å²) in [4.78, 5) is 35.5. The van der Waals surface area contributed by atoms with Crippen molar-refractivity contribution in [3.8, 4) is 16.9 Å². The molecule has 1 aromatic heterocycles. The van der Waals surface area contributed by atoms with E-state index in [1.807, 2.05) is 0 Å². The van der Waals surface area contributed by atoms with Gasteiger partial charge in [-0.3, -0.25) is 14.2 Å². The lowest BCUT2D eigenvalue weighted by Crippen LogP contribution is -2.51. The number of carbonyl (C=O) groups excluding carboxylic acids is 1. The lowest BCUT2D eigenvalue weighted by Gasteiger charge is -2.28. The van der Waals surface area contributed by atoms with Crippen LogP contribution >= 0.6 is 0 Å². The fraction of sp³-hybridized carbons (Fsp3) is 0.423. The van der Waals surface area contributed by atoms with Gasteiger partial charge in [-0.2, -0.15) is 0 Å². The summed E-state index contributed by atoms with van der Waals surface area (Å²) in [6.45, 7) is 1.54. The number of rotatable bonds is 9. The summed E-state index contributed by atoms with van der Waals surface area (Å²) in [5.74, 6) is -0.990. The van der Waals surface area contributed by atoms with E-state index in [9.17, 15) is 18.0 Å². The molecular formula is C26H30FN3O7S. The van der Waals surface area contributed by atoms with Crippen LogP contribution in [0.15, 0.2) is 47.5 Å². The Morgan fingerprint density at radius 3 is 2.61 bits per heavy atom. The van der Waals surface area contributed by atoms with Crippen LogP contribution in [0.5, 0.6) is 5.75 Å². The number of amides is 1. The minimum atomic E-state index is -3.94. The van der Waals surface area contributed by atoms with Gasteiger partial charge in [0, 0.05) is 25.8 Å². The first-order valence-corrected chi connectivity index (χ1v) is 14.0. The molecule has 10 nitrogen and oxygen atoms in total. The number of nitrogens with zero attached hydrogens (tertiary/aromatic N) is 2. The molecule has 4 rings (SSSR count). The highest BCUT2D eigenvalue weighted by Crippen LogP contribution is 2.27. The van der Waals surface area contributed by atoms with Crippen molar-refractivity contribution >= 4 is 26.6 Å². The summed E-state index contributed by atoms with van der Waals surface area (Å²) in [7, 11) is -2.40. The summed E-state index contributed by atoms with van der Waals surface area (Å²) in [6.07, 6.45) is 3.53. The van der Waals surface area contributed by atoms with E-state index in [0.717, 1.165) is 23.7 Å². The van der Waals surface area contributed by atoms with Crippen LogP contribution in [0.25, 0.3) is 22.0 Å². The molecule has 1 unspecified atom stereocenters. The molecular weight excluding hydrogens is 517 g/mol. The van der Waals surface area contributed by atoms with E-state index in [-0.39, 0.29) is 23.9 Å². The molecule has 0 bridgehead atoms. The van der Waals surface area contributed by atoms with Gasteiger partial charge in [-0.15, -0.1) is 0 Å². The Kier molecular flexibility index (Phi) is 8.14. The fourth-order valence-electron chi connectivity index (χ4n) is 4.18. The maximum atomic E-state index is 15.1. The number of fused-ring (bicyclic) bond motifs is 1. The molecule has 1 aliphatic rings. The SMILES string of the molecule is COc1ccc(-c2cc(F)c3c(=O)n(CC[C@](C)(C(=O)NOC4CCCCO4)S(C)(=O)=O)cnc3c2)cc1. The van der Waals surface area contributed by atoms with Gasteiger partial charge in [-0.1, -0.05) is 12.1 Å². The molecule has 204 valence electrons. The minimum Gasteiger partial charge on any atom is -0.497 e. The fourth-order valence-corrected chi connectivity index (χ4v) is 5.02. The third kappa shape index (κ3) is 5.71. The highest BCUT2D eigenvalue weighted by molar-refractivity contribution is 7.92. The highest BCUT2D eigenvalue weighted by Gasteiger charge is 2.44. The quantitative estimate of drug-likeness (QED) is 0.406. The van der Waals surface area contributed by atoms with Crippen molar-refractivity contribution in [2.24, 2.45) is 0 Å². The Morgan fingerprint density at radius 2 is 1.97 bits per heavy atom. The first-order valence-electron chi connectivity index (χ1n) is 12.1. The monoisotopic (exact) mass is 547 g/mol. The van der Waals surface area contributed by atoms with Crippen molar-refractivity contribution in [2.45, 2.75) is 50.2 Å². The molecule has 12 heteroatoms. The number of nitrogens with one attached hydrogen (secondary N) is 1. The van der Waals surface area contributed by atoms with Crippen molar-refractivity contribution in [3.05, 3.63) is 58.9 Å². The number of carbonyl (C=O) groups is 1. The average Bonchev–Trinajstić information content (AvgIpc) is 2.90. The average molecular weight is 548 g/mol. The second-order valence-electron chi connectivity index (χ2n) is 9.42. The molecule has 0 aliphatic carbocycles. The van der Waals surface area contributed by atoms with Gasteiger partial charge in [0.05, 0.1) is 19.0 Å². The van der Waals surface area contributed by atoms with Crippen LogP contribution in [0.3, 0.4) is 0 Å². The molecule has 2 atom stereocenters. The number of halogens is 1. The molecule has 1 fully saturated rings. The smallest absolute Gasteiger partial charge is 0.264 e. The zero-order valence-electron chi connectivity index (χ0n) is 21.4. The van der Waals surface area contributed by atoms with Crippen LogP contribution in [0, 0.1) is 5.82 Å². The van der Waals surface area contributed by atoms with Crippen molar-refractivity contribution in [2.75, 3.05) is 20.0 Å². The molecule has 1 amide bonds. The van der Waals surface area contributed by atoms with Crippen LogP contribution in [0.2, 0.25) is 0 Å². The molecule has 1 saturated heterocycles. The maximum Gasteiger partial charge on any atom is 0.264 e. The predicted octanol–water partition coefficient (Wildman–Crippen LogP) is 2.98. The molecule has 2 heterocycles. The molecule has 0 spiro atoms. The Morgan fingerprint density at radius 1 is 1.24 bits per heavy atom. The molecule has 38 heavy (non-hydrogen) atoms. The van der Waals surface area contributed by atoms with Gasteiger partial charge in [-0.05, 0) is 61.6 Å². The Labute approximate surface area is 219 Å². The van der Waals surface area contributed by atoms with E-state index >= 15 is 4.39 Å². The first kappa shape index (κ1) is 27.7. The summed E-state index contributed by atoms with van der Waals surface area (Å²) in [5.41, 5.74) is 2.92. The predicted molar refractivity (Wildman–Crippen MR) is 139 cm³/mol. The van der Waals surface area contributed by atoms with Crippen LogP contribution in [-0.2, 0) is 30.8 Å². The molecule has 0 radical (unpaired) electrons. The third-order valence-electron chi connectivity index (χ3n) is 6.85. The second-order valence-corrected chi connectivity index (χ2v) is 11.9. The molecule has 1 aliphatic heterocycles. The standard InChI is InChI=1S/C26H30FN3O7S/c1-26(38(3,33)34,25(32)29-37-22-6-4-5-13-36-22)11-12-30-16-28-21-15-18(14-20(27)23(21)24(30)31)17-7-9-19(35-2)10-8-17/h7-10,14-16,22H,4-6,11-13H2,1-3H3,(H,29,32)/t22?,26-/m1/s1. The lowest BCUT2D eigenvalue weighted by molar-refractivity contribution is -0.201. The van der Waals surface area contributed by atoms with E-state index in [1.165, 1.54) is 19.3 Å². The first-order chi connectivity index (χ1) is 18.0. The zero-order valence-corrected chi connectivity index (χ0v) is 22.2. The van der Waals surface area contributed by atoms with E-state index in [0.29, 0.717) is 29.9 Å². The highest BCUT2D eigenvalue weighted by atomic mass is 32.2. The summed E-state index contributed by atoms with van der Waals surface area (Å²) >= 11 is 0. The third-order valence-corrected chi connectivity index (χ3v) is 8.88. The Hall–Kier alpha value is -3.35. The van der Waals surface area contributed by atoms with Gasteiger partial charge in [0.15, 0.2) is 20.9 Å². The second kappa shape index (κ2) is 11.2. The van der Waals surface area contributed by atoms with Gasteiger partial charge in [-0.25, -0.2) is 28.1 Å². The van der Waals surface area contributed by atoms with Crippen LogP contribution < -0.4 is 15.8 Å². The van der Waals surface area contributed by atoms with Crippen molar-refractivity contribution in [3.63, 3.8) is 0 Å². The minimum absolute atomic E-state index is 0.154. The van der Waals surface area contributed by atoms with Gasteiger partial charge in [0.1, 0.15) is 17.0 Å². The summed E-state index contributed by atoms with van der Waals surface area (Å²) < 4.78 is 50.1. The van der Waals surface area contributed by atoms with Crippen molar-refractivity contribution in [1.29, 1.82) is 0 Å². The summed E-state index contributed by atoms with van der Waals surface area (Å²) in [5, 5.41) is -0.229. The largest absolute Gasteiger partial charge is 0.497 e. The van der Waals surface area contributed by atoms with Crippen molar-refractivity contribution in [1.82, 2.24) is 15.0 Å². The number of aromatic nitrogens is 2. The Balaban J connectivity index is 1.56. The number of sulfone groups is 1. The summed E-state index contributed by atoms with van der Waals surface area (Å²) in [6, 6.07) is 9.86. The molecule has 1 N–H and O–H groups in total. The van der Waals surface area contributed by atoms with E-state index < -0.39 is 38.2 Å². The maximum absolute atomic E-state index is 15.1.